The predicted molar refractivity (Wildman–Crippen MR) is 93.9 cm³/mol. The Morgan fingerprint density at radius 2 is 2.12 bits per heavy atom. The molecule has 0 aromatic carbocycles. The van der Waals surface area contributed by atoms with Gasteiger partial charge in [-0.1, -0.05) is 19.3 Å². The Hall–Kier alpha value is -1.63. The van der Waals surface area contributed by atoms with Crippen molar-refractivity contribution in [2.75, 3.05) is 13.1 Å². The molecule has 2 aliphatic rings. The fourth-order valence-electron chi connectivity index (χ4n) is 3.68. The summed E-state index contributed by atoms with van der Waals surface area (Å²) in [6, 6.07) is 0.124. The Morgan fingerprint density at radius 3 is 2.88 bits per heavy atom. The van der Waals surface area contributed by atoms with E-state index in [4.69, 9.17) is 0 Å². The maximum Gasteiger partial charge on any atom is 0.191 e. The van der Waals surface area contributed by atoms with Gasteiger partial charge >= 0.3 is 0 Å². The van der Waals surface area contributed by atoms with Gasteiger partial charge in [0.05, 0.1) is 18.2 Å². The van der Waals surface area contributed by atoms with Crippen molar-refractivity contribution < 1.29 is 5.11 Å². The van der Waals surface area contributed by atoms with Crippen molar-refractivity contribution in [1.29, 1.82) is 0 Å². The molecule has 1 aromatic heterocycles. The Labute approximate surface area is 144 Å². The zero-order valence-corrected chi connectivity index (χ0v) is 14.9. The van der Waals surface area contributed by atoms with E-state index in [2.05, 4.69) is 32.6 Å². The molecule has 2 heterocycles. The van der Waals surface area contributed by atoms with Crippen LogP contribution in [0.5, 0.6) is 0 Å². The number of rotatable bonds is 4. The fourth-order valence-corrected chi connectivity index (χ4v) is 3.68. The molecule has 0 bridgehead atoms. The second-order valence-electron chi connectivity index (χ2n) is 7.06. The van der Waals surface area contributed by atoms with Gasteiger partial charge in [0, 0.05) is 13.1 Å². The standard InChI is InChI=1S/C17H30N6O/c1-3-18-16(19-12-17(24)9-5-4-6-10-17)21-14-8-7-11-23-15(14)20-13(2)22-23/h14,24H,3-12H2,1-2H3,(H2,18,19,21). The summed E-state index contributed by atoms with van der Waals surface area (Å²) in [6.07, 6.45) is 7.23. The maximum atomic E-state index is 10.7. The Morgan fingerprint density at radius 1 is 1.33 bits per heavy atom. The minimum Gasteiger partial charge on any atom is -0.388 e. The van der Waals surface area contributed by atoms with Crippen molar-refractivity contribution in [3.63, 3.8) is 0 Å². The average molecular weight is 334 g/mol. The van der Waals surface area contributed by atoms with E-state index in [-0.39, 0.29) is 6.04 Å². The molecular formula is C17H30N6O. The van der Waals surface area contributed by atoms with Crippen molar-refractivity contribution in [2.24, 2.45) is 4.99 Å². The van der Waals surface area contributed by atoms with E-state index in [0.29, 0.717) is 6.54 Å². The molecule has 1 unspecified atom stereocenters. The van der Waals surface area contributed by atoms with Crippen molar-refractivity contribution in [1.82, 2.24) is 25.4 Å². The van der Waals surface area contributed by atoms with Crippen LogP contribution in [-0.4, -0.2) is 44.5 Å². The van der Waals surface area contributed by atoms with Crippen LogP contribution in [0, 0.1) is 6.92 Å². The van der Waals surface area contributed by atoms with Crippen LogP contribution in [0.4, 0.5) is 0 Å². The molecule has 1 fully saturated rings. The third kappa shape index (κ3) is 4.06. The van der Waals surface area contributed by atoms with E-state index in [9.17, 15) is 5.11 Å². The molecule has 134 valence electrons. The molecule has 7 nitrogen and oxygen atoms in total. The summed E-state index contributed by atoms with van der Waals surface area (Å²) < 4.78 is 1.99. The number of aliphatic imine (C=N–C) groups is 1. The van der Waals surface area contributed by atoms with E-state index < -0.39 is 5.60 Å². The van der Waals surface area contributed by atoms with Crippen LogP contribution in [0.2, 0.25) is 0 Å². The zero-order chi connectivity index (χ0) is 17.0. The quantitative estimate of drug-likeness (QED) is 0.576. The Balaban J connectivity index is 1.68. The van der Waals surface area contributed by atoms with E-state index >= 15 is 0 Å². The summed E-state index contributed by atoms with van der Waals surface area (Å²) >= 11 is 0. The topological polar surface area (TPSA) is 87.4 Å². The molecule has 1 aliphatic carbocycles. The van der Waals surface area contributed by atoms with E-state index in [0.717, 1.165) is 69.2 Å². The average Bonchev–Trinajstić information content (AvgIpc) is 2.95. The fraction of sp³-hybridized carbons (Fsp3) is 0.824. The van der Waals surface area contributed by atoms with Gasteiger partial charge in [0.25, 0.3) is 0 Å². The van der Waals surface area contributed by atoms with Gasteiger partial charge in [0.2, 0.25) is 0 Å². The van der Waals surface area contributed by atoms with Crippen molar-refractivity contribution in [3.05, 3.63) is 11.6 Å². The first-order valence-electron chi connectivity index (χ1n) is 9.28. The van der Waals surface area contributed by atoms with Crippen LogP contribution in [0.25, 0.3) is 0 Å². The molecule has 1 saturated carbocycles. The largest absolute Gasteiger partial charge is 0.388 e. The number of aryl methyl sites for hydroxylation is 2. The lowest BCUT2D eigenvalue weighted by Crippen LogP contribution is -2.43. The monoisotopic (exact) mass is 334 g/mol. The van der Waals surface area contributed by atoms with Crippen molar-refractivity contribution in [3.8, 4) is 0 Å². The summed E-state index contributed by atoms with van der Waals surface area (Å²) in [5.74, 6) is 2.56. The molecule has 0 spiro atoms. The van der Waals surface area contributed by atoms with Gasteiger partial charge in [-0.25, -0.2) is 9.67 Å². The number of guanidine groups is 1. The van der Waals surface area contributed by atoms with Crippen molar-refractivity contribution >= 4 is 5.96 Å². The summed E-state index contributed by atoms with van der Waals surface area (Å²) in [4.78, 5) is 9.24. The summed E-state index contributed by atoms with van der Waals surface area (Å²) in [6.45, 7) is 6.17. The van der Waals surface area contributed by atoms with Crippen LogP contribution in [0.3, 0.4) is 0 Å². The summed E-state index contributed by atoms with van der Waals surface area (Å²) in [7, 11) is 0. The summed E-state index contributed by atoms with van der Waals surface area (Å²) in [5.41, 5.74) is -0.635. The lowest BCUT2D eigenvalue weighted by molar-refractivity contribution is 0.0131. The summed E-state index contributed by atoms with van der Waals surface area (Å²) in [5, 5.41) is 21.9. The highest BCUT2D eigenvalue weighted by Gasteiger charge is 2.29. The molecule has 1 aliphatic heterocycles. The third-order valence-electron chi connectivity index (χ3n) is 4.95. The number of hydrogen-bond acceptors (Lipinski definition) is 4. The molecule has 0 saturated heterocycles. The zero-order valence-electron chi connectivity index (χ0n) is 14.9. The second kappa shape index (κ2) is 7.51. The van der Waals surface area contributed by atoms with E-state index in [1.165, 1.54) is 6.42 Å². The number of fused-ring (bicyclic) bond motifs is 1. The molecular weight excluding hydrogens is 304 g/mol. The highest BCUT2D eigenvalue weighted by Crippen LogP contribution is 2.28. The normalized spacial score (nSPS) is 23.6. The van der Waals surface area contributed by atoms with Gasteiger partial charge in [-0.05, 0) is 39.5 Å². The van der Waals surface area contributed by atoms with Gasteiger partial charge in [-0.2, -0.15) is 5.10 Å². The number of aliphatic hydroxyl groups is 1. The van der Waals surface area contributed by atoms with Crippen LogP contribution < -0.4 is 10.6 Å². The molecule has 0 amide bonds. The van der Waals surface area contributed by atoms with Crippen LogP contribution in [0.15, 0.2) is 4.99 Å². The smallest absolute Gasteiger partial charge is 0.191 e. The second-order valence-corrected chi connectivity index (χ2v) is 7.06. The number of hydrogen-bond donors (Lipinski definition) is 3. The highest BCUT2D eigenvalue weighted by molar-refractivity contribution is 5.80. The van der Waals surface area contributed by atoms with Gasteiger partial charge in [-0.3, -0.25) is 4.99 Å². The SMILES string of the molecule is CCNC(=NCC1(O)CCCCC1)NC1CCCn2nc(C)nc21. The first kappa shape index (κ1) is 17.2. The van der Waals surface area contributed by atoms with Gasteiger partial charge in [0.1, 0.15) is 11.6 Å². The lowest BCUT2D eigenvalue weighted by Gasteiger charge is -2.31. The van der Waals surface area contributed by atoms with Crippen LogP contribution in [0.1, 0.15) is 69.6 Å². The molecule has 1 atom stereocenters. The number of aromatic nitrogens is 3. The first-order valence-corrected chi connectivity index (χ1v) is 9.28. The highest BCUT2D eigenvalue weighted by atomic mass is 16.3. The van der Waals surface area contributed by atoms with Gasteiger partial charge < -0.3 is 15.7 Å². The number of nitrogens with one attached hydrogen (secondary N) is 2. The van der Waals surface area contributed by atoms with E-state index in [1.807, 2.05) is 11.6 Å². The number of nitrogens with zero attached hydrogens (tertiary/aromatic N) is 4. The van der Waals surface area contributed by atoms with Gasteiger partial charge in [-0.15, -0.1) is 0 Å². The third-order valence-corrected chi connectivity index (χ3v) is 4.95. The molecule has 0 radical (unpaired) electrons. The van der Waals surface area contributed by atoms with Crippen LogP contribution >= 0.6 is 0 Å². The molecule has 3 N–H and O–H groups in total. The minimum absolute atomic E-state index is 0.124. The molecule has 1 aromatic rings. The van der Waals surface area contributed by atoms with Crippen molar-refractivity contribution in [2.45, 2.75) is 77.0 Å². The van der Waals surface area contributed by atoms with E-state index in [1.54, 1.807) is 0 Å². The van der Waals surface area contributed by atoms with Crippen LogP contribution in [-0.2, 0) is 6.54 Å². The first-order chi connectivity index (χ1) is 11.6. The maximum absolute atomic E-state index is 10.7. The Bertz CT molecular complexity index is 576. The molecule has 24 heavy (non-hydrogen) atoms. The molecule has 7 heteroatoms. The predicted octanol–water partition coefficient (Wildman–Crippen LogP) is 1.67. The minimum atomic E-state index is -0.635. The lowest BCUT2D eigenvalue weighted by atomic mass is 9.85. The van der Waals surface area contributed by atoms with Gasteiger partial charge in [0.15, 0.2) is 5.96 Å². The molecule has 3 rings (SSSR count). The Kier molecular flexibility index (Phi) is 5.38.